The molecule has 3 aromatic rings. The molecular formula is C25H26F3N5O. The third kappa shape index (κ3) is 5.84. The first-order valence-electron chi connectivity index (χ1n) is 11.1. The molecule has 178 valence electrons. The highest BCUT2D eigenvalue weighted by atomic mass is 19.4. The molecule has 4 rings (SSSR count). The van der Waals surface area contributed by atoms with E-state index in [0.717, 1.165) is 23.6 Å². The summed E-state index contributed by atoms with van der Waals surface area (Å²) >= 11 is 0. The van der Waals surface area contributed by atoms with Crippen LogP contribution in [-0.2, 0) is 17.4 Å². The fourth-order valence-corrected chi connectivity index (χ4v) is 3.85. The van der Waals surface area contributed by atoms with E-state index in [1.54, 1.807) is 4.90 Å². The van der Waals surface area contributed by atoms with Gasteiger partial charge in [-0.1, -0.05) is 29.8 Å². The summed E-state index contributed by atoms with van der Waals surface area (Å²) in [5.74, 6) is 2.04. The van der Waals surface area contributed by atoms with Crippen molar-refractivity contribution in [3.8, 4) is 0 Å². The Morgan fingerprint density at radius 3 is 2.21 bits per heavy atom. The van der Waals surface area contributed by atoms with Gasteiger partial charge in [-0.25, -0.2) is 9.97 Å². The van der Waals surface area contributed by atoms with Crippen molar-refractivity contribution < 1.29 is 18.0 Å². The molecule has 0 saturated carbocycles. The normalized spacial score (nSPS) is 14.3. The van der Waals surface area contributed by atoms with E-state index in [1.807, 2.05) is 44.2 Å². The predicted molar refractivity (Wildman–Crippen MR) is 125 cm³/mol. The number of hydrogen-bond acceptors (Lipinski definition) is 5. The van der Waals surface area contributed by atoms with E-state index in [1.165, 1.54) is 17.7 Å². The largest absolute Gasteiger partial charge is 0.416 e. The molecule has 6 nitrogen and oxygen atoms in total. The van der Waals surface area contributed by atoms with E-state index in [9.17, 15) is 18.0 Å². The fourth-order valence-electron chi connectivity index (χ4n) is 3.85. The van der Waals surface area contributed by atoms with E-state index in [4.69, 9.17) is 0 Å². The van der Waals surface area contributed by atoms with Gasteiger partial charge in [0.1, 0.15) is 17.5 Å². The predicted octanol–water partition coefficient (Wildman–Crippen LogP) is 4.75. The maximum atomic E-state index is 12.7. The van der Waals surface area contributed by atoms with Gasteiger partial charge in [-0.2, -0.15) is 13.2 Å². The van der Waals surface area contributed by atoms with Gasteiger partial charge >= 0.3 is 6.18 Å². The number of nitrogens with zero attached hydrogens (tertiary/aromatic N) is 4. The number of carbonyl (C=O) groups is 1. The van der Waals surface area contributed by atoms with Crippen molar-refractivity contribution in [2.24, 2.45) is 0 Å². The maximum absolute atomic E-state index is 12.7. The number of nitrogens with one attached hydrogen (secondary N) is 1. The third-order valence-electron chi connectivity index (χ3n) is 5.74. The molecule has 9 heteroatoms. The molecule has 0 spiro atoms. The van der Waals surface area contributed by atoms with Gasteiger partial charge in [0.2, 0.25) is 5.91 Å². The summed E-state index contributed by atoms with van der Waals surface area (Å²) in [7, 11) is 0. The average Bonchev–Trinajstić information content (AvgIpc) is 2.80. The zero-order chi connectivity index (χ0) is 24.3. The van der Waals surface area contributed by atoms with Crippen LogP contribution in [-0.4, -0.2) is 47.0 Å². The summed E-state index contributed by atoms with van der Waals surface area (Å²) in [6.45, 7) is 6.13. The molecule has 1 aromatic heterocycles. The minimum absolute atomic E-state index is 0.0787. The molecule has 1 fully saturated rings. The molecule has 1 aliphatic rings. The van der Waals surface area contributed by atoms with E-state index in [2.05, 4.69) is 20.2 Å². The van der Waals surface area contributed by atoms with Crippen LogP contribution in [0.5, 0.6) is 0 Å². The topological polar surface area (TPSA) is 61.4 Å². The molecule has 2 aromatic carbocycles. The molecule has 0 aliphatic carbocycles. The van der Waals surface area contributed by atoms with Crippen molar-refractivity contribution in [2.45, 2.75) is 26.4 Å². The van der Waals surface area contributed by atoms with E-state index in [0.29, 0.717) is 43.4 Å². The molecular weight excluding hydrogens is 443 g/mol. The van der Waals surface area contributed by atoms with Gasteiger partial charge in [-0.3, -0.25) is 4.79 Å². The average molecular weight is 470 g/mol. The Morgan fingerprint density at radius 1 is 0.941 bits per heavy atom. The highest BCUT2D eigenvalue weighted by molar-refractivity contribution is 5.79. The fraction of sp³-hybridized carbons (Fsp3) is 0.320. The van der Waals surface area contributed by atoms with Crippen LogP contribution >= 0.6 is 0 Å². The molecule has 34 heavy (non-hydrogen) atoms. The maximum Gasteiger partial charge on any atom is 0.416 e. The van der Waals surface area contributed by atoms with E-state index < -0.39 is 11.7 Å². The molecule has 0 bridgehead atoms. The molecule has 1 amide bonds. The Bertz CT molecular complexity index is 1140. The van der Waals surface area contributed by atoms with Gasteiger partial charge < -0.3 is 15.1 Å². The Kier molecular flexibility index (Phi) is 6.72. The second kappa shape index (κ2) is 9.70. The number of amides is 1. The Hall–Kier alpha value is -3.62. The lowest BCUT2D eigenvalue weighted by atomic mass is 10.1. The third-order valence-corrected chi connectivity index (χ3v) is 5.74. The molecule has 0 unspecified atom stereocenters. The minimum atomic E-state index is -4.38. The summed E-state index contributed by atoms with van der Waals surface area (Å²) in [6.07, 6.45) is -4.30. The number of aryl methyl sites for hydroxylation is 2. The van der Waals surface area contributed by atoms with E-state index >= 15 is 0 Å². The smallest absolute Gasteiger partial charge is 0.353 e. The second-order valence-corrected chi connectivity index (χ2v) is 8.39. The lowest BCUT2D eigenvalue weighted by molar-refractivity contribution is -0.137. The number of halogens is 3. The van der Waals surface area contributed by atoms with Crippen molar-refractivity contribution in [3.63, 3.8) is 0 Å². The van der Waals surface area contributed by atoms with Crippen LogP contribution in [0.25, 0.3) is 0 Å². The van der Waals surface area contributed by atoms with Gasteiger partial charge in [0, 0.05) is 37.9 Å². The molecule has 1 saturated heterocycles. The Balaban J connectivity index is 1.35. The molecule has 0 radical (unpaired) electrons. The van der Waals surface area contributed by atoms with Crippen LogP contribution in [0.3, 0.4) is 0 Å². The number of hydrogen-bond donors (Lipinski definition) is 1. The summed E-state index contributed by atoms with van der Waals surface area (Å²) in [4.78, 5) is 25.6. The first-order chi connectivity index (χ1) is 16.2. The summed E-state index contributed by atoms with van der Waals surface area (Å²) < 4.78 is 38.2. The molecule has 1 N–H and O–H groups in total. The quantitative estimate of drug-likeness (QED) is 0.585. The Labute approximate surface area is 196 Å². The van der Waals surface area contributed by atoms with Gasteiger partial charge in [0.15, 0.2) is 0 Å². The van der Waals surface area contributed by atoms with Crippen molar-refractivity contribution in [3.05, 3.63) is 77.1 Å². The lowest BCUT2D eigenvalue weighted by Crippen LogP contribution is -2.49. The van der Waals surface area contributed by atoms with Crippen LogP contribution < -0.4 is 10.2 Å². The van der Waals surface area contributed by atoms with Crippen molar-refractivity contribution in [1.29, 1.82) is 0 Å². The number of anilines is 3. The minimum Gasteiger partial charge on any atom is -0.353 e. The Morgan fingerprint density at radius 2 is 1.59 bits per heavy atom. The number of benzene rings is 2. The lowest BCUT2D eigenvalue weighted by Gasteiger charge is -2.35. The van der Waals surface area contributed by atoms with Crippen LogP contribution in [0.4, 0.5) is 30.5 Å². The first-order valence-corrected chi connectivity index (χ1v) is 11.1. The SMILES string of the molecule is Cc1ccc(Nc2cc(N3CCN(C(=O)Cc4ccc(C(F)(F)F)cc4)CC3)nc(C)n2)cc1. The van der Waals surface area contributed by atoms with Crippen molar-refractivity contribution >= 4 is 23.2 Å². The summed E-state index contributed by atoms with van der Waals surface area (Å²) in [6, 6.07) is 14.7. The number of rotatable bonds is 5. The van der Waals surface area contributed by atoms with Crippen LogP contribution in [0.2, 0.25) is 0 Å². The highest BCUT2D eigenvalue weighted by Gasteiger charge is 2.30. The molecule has 0 atom stereocenters. The summed E-state index contributed by atoms with van der Waals surface area (Å²) in [5, 5.41) is 3.31. The van der Waals surface area contributed by atoms with E-state index in [-0.39, 0.29) is 12.3 Å². The monoisotopic (exact) mass is 469 g/mol. The van der Waals surface area contributed by atoms with Crippen LogP contribution in [0.1, 0.15) is 22.5 Å². The van der Waals surface area contributed by atoms with Crippen LogP contribution in [0.15, 0.2) is 54.6 Å². The first kappa shape index (κ1) is 23.5. The van der Waals surface area contributed by atoms with Gasteiger partial charge in [-0.15, -0.1) is 0 Å². The highest BCUT2D eigenvalue weighted by Crippen LogP contribution is 2.29. The standard InChI is InChI=1S/C25H26F3N5O/c1-17-3-9-21(10-4-17)31-22-16-23(30-18(2)29-22)32-11-13-33(14-12-32)24(34)15-19-5-7-20(8-6-19)25(26,27)28/h3-10,16H,11-15H2,1-2H3,(H,29,30,31). The zero-order valence-corrected chi connectivity index (χ0v) is 19.1. The number of aromatic nitrogens is 2. The van der Waals surface area contributed by atoms with Crippen LogP contribution in [0, 0.1) is 13.8 Å². The number of piperazine rings is 1. The van der Waals surface area contributed by atoms with Gasteiger partial charge in [-0.05, 0) is 43.7 Å². The van der Waals surface area contributed by atoms with Gasteiger partial charge in [0.05, 0.1) is 12.0 Å². The van der Waals surface area contributed by atoms with Crippen molar-refractivity contribution in [2.75, 3.05) is 36.4 Å². The number of alkyl halides is 3. The number of carbonyl (C=O) groups excluding carboxylic acids is 1. The van der Waals surface area contributed by atoms with Gasteiger partial charge in [0.25, 0.3) is 0 Å². The molecule has 1 aliphatic heterocycles. The zero-order valence-electron chi connectivity index (χ0n) is 19.1. The molecule has 2 heterocycles. The summed E-state index contributed by atoms with van der Waals surface area (Å²) in [5.41, 5.74) is 1.97. The van der Waals surface area contributed by atoms with Crippen molar-refractivity contribution in [1.82, 2.24) is 14.9 Å². The second-order valence-electron chi connectivity index (χ2n) is 8.39.